The Morgan fingerprint density at radius 2 is 1.20 bits per heavy atom. The third-order valence-corrected chi connectivity index (χ3v) is 9.19. The van der Waals surface area contributed by atoms with E-state index in [9.17, 15) is 33.6 Å². The van der Waals surface area contributed by atoms with Crippen LogP contribution in [0, 0.1) is 17.8 Å². The molecule has 0 bridgehead atoms. The van der Waals surface area contributed by atoms with Crippen LogP contribution >= 0.6 is 0 Å². The standard InChI is InChI=1S/C39H67N13O9/c1-8-24(6)30(34(56)49-29(23(4)5)35(57)60-7)50-38(58)52-51-33(55)27(17-13-19-45-37(42)43)46-32(54)28(20-22(2)3)47-31(53)26(16-12-18-44-36(40)41)48-39(59)61-21-25-14-10-9-11-15-25/h9-11,14-15,22-24,26-30H,8,12-13,16-21H2,1-7H3,(H,46,54)(H,47,53)(H,48,59)(H,49,56)(H,51,55)(H4,40,41,44)(H4,42,43,45)(H2,50,52,58)/t24-,26-,27-,28-,29-,30-/m0/s1. The van der Waals surface area contributed by atoms with E-state index in [1.165, 1.54) is 7.11 Å². The largest absolute Gasteiger partial charge is 0.467 e. The summed E-state index contributed by atoms with van der Waals surface area (Å²) in [7, 11) is 1.20. The average Bonchev–Trinajstić information content (AvgIpc) is 3.21. The van der Waals surface area contributed by atoms with Crippen LogP contribution < -0.4 is 60.4 Å². The first-order valence-electron chi connectivity index (χ1n) is 20.2. The summed E-state index contributed by atoms with van der Waals surface area (Å²) in [6, 6.07) is 2.25. The van der Waals surface area contributed by atoms with E-state index in [0.29, 0.717) is 6.42 Å². The maximum absolute atomic E-state index is 13.9. The van der Waals surface area contributed by atoms with Gasteiger partial charge in [-0.3, -0.25) is 34.6 Å². The van der Waals surface area contributed by atoms with Gasteiger partial charge in [-0.25, -0.2) is 19.8 Å². The molecule has 1 aromatic carbocycles. The second kappa shape index (κ2) is 28.2. The Morgan fingerprint density at radius 1 is 0.656 bits per heavy atom. The molecule has 342 valence electrons. The van der Waals surface area contributed by atoms with Crippen LogP contribution in [-0.4, -0.2) is 104 Å². The van der Waals surface area contributed by atoms with E-state index in [1.807, 2.05) is 26.8 Å². The predicted octanol–water partition coefficient (Wildman–Crippen LogP) is -0.537. The first-order valence-corrected chi connectivity index (χ1v) is 20.2. The van der Waals surface area contributed by atoms with Crippen molar-refractivity contribution in [2.24, 2.45) is 50.7 Å². The number of hydrogen-bond acceptors (Lipinski definition) is 11. The Bertz CT molecular complexity index is 1640. The normalized spacial score (nSPS) is 13.7. The fourth-order valence-corrected chi connectivity index (χ4v) is 5.65. The van der Waals surface area contributed by atoms with Crippen LogP contribution in [0.25, 0.3) is 0 Å². The van der Waals surface area contributed by atoms with Crippen LogP contribution in [-0.2, 0) is 40.1 Å². The number of hydrogen-bond donors (Lipinski definition) is 11. The number of esters is 1. The summed E-state index contributed by atoms with van der Waals surface area (Å²) in [5.41, 5.74) is 27.0. The van der Waals surface area contributed by atoms with Crippen molar-refractivity contribution in [2.75, 3.05) is 20.2 Å². The minimum Gasteiger partial charge on any atom is -0.467 e. The number of alkyl carbamates (subject to hydrolysis) is 1. The van der Waals surface area contributed by atoms with Gasteiger partial charge >= 0.3 is 18.1 Å². The first-order chi connectivity index (χ1) is 28.8. The highest BCUT2D eigenvalue weighted by atomic mass is 16.5. The number of nitrogens with two attached hydrogens (primary N) is 4. The van der Waals surface area contributed by atoms with Gasteiger partial charge in [0.2, 0.25) is 17.7 Å². The fourth-order valence-electron chi connectivity index (χ4n) is 5.65. The highest BCUT2D eigenvalue weighted by Gasteiger charge is 2.33. The maximum atomic E-state index is 13.9. The minimum atomic E-state index is -1.28. The molecule has 0 aliphatic heterocycles. The van der Waals surface area contributed by atoms with Crippen molar-refractivity contribution in [3.05, 3.63) is 35.9 Å². The molecule has 0 radical (unpaired) electrons. The minimum absolute atomic E-state index is 0.00968. The Balaban J connectivity index is 3.21. The van der Waals surface area contributed by atoms with E-state index in [1.54, 1.807) is 45.0 Å². The van der Waals surface area contributed by atoms with Gasteiger partial charge in [0, 0.05) is 13.1 Å². The average molecular weight is 862 g/mol. The Labute approximate surface area is 357 Å². The highest BCUT2D eigenvalue weighted by molar-refractivity contribution is 5.95. The van der Waals surface area contributed by atoms with Gasteiger partial charge in [-0.1, -0.05) is 78.3 Å². The molecule has 0 saturated carbocycles. The molecule has 1 aromatic rings. The van der Waals surface area contributed by atoms with Gasteiger partial charge in [-0.15, -0.1) is 0 Å². The molecule has 22 nitrogen and oxygen atoms in total. The summed E-state index contributed by atoms with van der Waals surface area (Å²) < 4.78 is 10.1. The number of rotatable bonds is 25. The Morgan fingerprint density at radius 3 is 1.70 bits per heavy atom. The molecule has 61 heavy (non-hydrogen) atoms. The number of methoxy groups -OCH3 is 1. The molecule has 22 heteroatoms. The van der Waals surface area contributed by atoms with Crippen LogP contribution in [0.5, 0.6) is 0 Å². The molecule has 0 unspecified atom stereocenters. The maximum Gasteiger partial charge on any atom is 0.408 e. The first kappa shape index (κ1) is 52.7. The van der Waals surface area contributed by atoms with Crippen molar-refractivity contribution in [3.8, 4) is 0 Å². The second-order valence-electron chi connectivity index (χ2n) is 15.1. The molecule has 15 N–H and O–H groups in total. The van der Waals surface area contributed by atoms with Gasteiger partial charge in [-0.2, -0.15) is 0 Å². The SMILES string of the molecule is CC[C@H](C)[C@H](NC(=O)NNC(=O)[C@H](CCCN=C(N)N)NC(=O)[C@H](CC(C)C)NC(=O)[C@H](CCCN=C(N)N)NC(=O)OCc1ccccc1)C(=O)N[C@H](C(=O)OC)C(C)C. The third kappa shape index (κ3) is 21.5. The molecule has 0 aliphatic rings. The molecule has 6 atom stereocenters. The van der Waals surface area contributed by atoms with E-state index < -0.39 is 77.8 Å². The lowest BCUT2D eigenvalue weighted by molar-refractivity contribution is -0.146. The number of aliphatic imine (C=N–C) groups is 2. The number of carbonyl (C=O) groups excluding carboxylic acids is 7. The summed E-state index contributed by atoms with van der Waals surface area (Å²) in [4.78, 5) is 100. The summed E-state index contributed by atoms with van der Waals surface area (Å²) >= 11 is 0. The molecular formula is C39H67N13O9. The lowest BCUT2D eigenvalue weighted by Crippen LogP contribution is -2.61. The monoisotopic (exact) mass is 862 g/mol. The van der Waals surface area contributed by atoms with E-state index in [0.717, 1.165) is 5.56 Å². The van der Waals surface area contributed by atoms with Crippen molar-refractivity contribution in [1.82, 2.24) is 37.4 Å². The van der Waals surface area contributed by atoms with E-state index in [-0.39, 0.29) is 75.6 Å². The number of guanidine groups is 2. The van der Waals surface area contributed by atoms with Gasteiger partial charge in [0.25, 0.3) is 5.91 Å². The van der Waals surface area contributed by atoms with Crippen molar-refractivity contribution in [1.29, 1.82) is 0 Å². The van der Waals surface area contributed by atoms with Gasteiger partial charge in [0.1, 0.15) is 36.8 Å². The molecule has 0 spiro atoms. The zero-order valence-corrected chi connectivity index (χ0v) is 36.2. The zero-order chi connectivity index (χ0) is 46.1. The number of benzene rings is 1. The molecule has 0 saturated heterocycles. The Kier molecular flexibility index (Phi) is 24.3. The van der Waals surface area contributed by atoms with Crippen LogP contribution in [0.15, 0.2) is 40.3 Å². The number of amides is 7. The number of urea groups is 1. The fraction of sp³-hybridized carbons (Fsp3) is 0.615. The Hall–Kier alpha value is -6.35. The van der Waals surface area contributed by atoms with E-state index in [2.05, 4.69) is 47.4 Å². The zero-order valence-electron chi connectivity index (χ0n) is 36.2. The second-order valence-corrected chi connectivity index (χ2v) is 15.1. The van der Waals surface area contributed by atoms with E-state index >= 15 is 0 Å². The third-order valence-electron chi connectivity index (χ3n) is 9.19. The summed E-state index contributed by atoms with van der Waals surface area (Å²) in [6.07, 6.45) is 0.290. The molecular weight excluding hydrogens is 795 g/mol. The number of carbonyl (C=O) groups is 7. The van der Waals surface area contributed by atoms with Gasteiger partial charge in [0.15, 0.2) is 11.9 Å². The van der Waals surface area contributed by atoms with Crippen LogP contribution in [0.4, 0.5) is 9.59 Å². The van der Waals surface area contributed by atoms with Gasteiger partial charge in [0.05, 0.1) is 7.11 Å². The molecule has 0 aromatic heterocycles. The van der Waals surface area contributed by atoms with Crippen molar-refractivity contribution >= 4 is 53.6 Å². The van der Waals surface area contributed by atoms with Crippen molar-refractivity contribution in [2.45, 2.75) is 117 Å². The number of ether oxygens (including phenoxy) is 2. The van der Waals surface area contributed by atoms with Crippen molar-refractivity contribution in [3.63, 3.8) is 0 Å². The topological polar surface area (TPSA) is 351 Å². The number of nitrogens with one attached hydrogen (secondary N) is 7. The summed E-state index contributed by atoms with van der Waals surface area (Å²) in [5, 5.41) is 13.0. The molecule has 1 rings (SSSR count). The number of hydrazine groups is 1. The quantitative estimate of drug-likeness (QED) is 0.0194. The molecule has 7 amide bonds. The molecule has 0 heterocycles. The molecule has 0 aliphatic carbocycles. The van der Waals surface area contributed by atoms with Crippen LogP contribution in [0.1, 0.15) is 85.6 Å². The highest BCUT2D eigenvalue weighted by Crippen LogP contribution is 2.12. The molecule has 0 fully saturated rings. The smallest absolute Gasteiger partial charge is 0.408 e. The number of nitrogens with zero attached hydrogens (tertiary/aromatic N) is 2. The van der Waals surface area contributed by atoms with Gasteiger partial charge < -0.3 is 59.0 Å². The van der Waals surface area contributed by atoms with Crippen LogP contribution in [0.2, 0.25) is 0 Å². The predicted molar refractivity (Wildman–Crippen MR) is 229 cm³/mol. The lowest BCUT2D eigenvalue weighted by atomic mass is 9.97. The van der Waals surface area contributed by atoms with Crippen LogP contribution in [0.3, 0.4) is 0 Å². The van der Waals surface area contributed by atoms with E-state index in [4.69, 9.17) is 32.4 Å². The summed E-state index contributed by atoms with van der Waals surface area (Å²) in [5.74, 6) is -4.75. The van der Waals surface area contributed by atoms with Gasteiger partial charge in [-0.05, 0) is 55.4 Å². The van der Waals surface area contributed by atoms with Crippen molar-refractivity contribution < 1.29 is 43.0 Å². The summed E-state index contributed by atoms with van der Waals surface area (Å²) in [6.45, 7) is 10.8. The lowest BCUT2D eigenvalue weighted by Gasteiger charge is -2.28.